The molecular weight excluding hydrogens is 540 g/mol. The number of oxazole rings is 1. The van der Waals surface area contributed by atoms with Crippen LogP contribution in [0.25, 0.3) is 11.3 Å². The first-order chi connectivity index (χ1) is 18.9. The van der Waals surface area contributed by atoms with Crippen molar-refractivity contribution in [2.45, 2.75) is 68.7 Å². The van der Waals surface area contributed by atoms with Crippen molar-refractivity contribution in [1.82, 2.24) is 15.3 Å². The minimum atomic E-state index is -4.78. The molecule has 2 aromatic heterocycles. The maximum atomic E-state index is 12.9. The number of nitrogens with zero attached hydrogens (tertiary/aromatic N) is 3. The Bertz CT molecular complexity index is 1280. The average molecular weight is 570 g/mol. The lowest BCUT2D eigenvalue weighted by Gasteiger charge is -2.43. The van der Waals surface area contributed by atoms with E-state index in [1.54, 1.807) is 0 Å². The Morgan fingerprint density at radius 2 is 1.73 bits per heavy atom. The molecule has 0 bridgehead atoms. The van der Waals surface area contributed by atoms with E-state index in [-0.39, 0.29) is 17.8 Å². The van der Waals surface area contributed by atoms with Crippen LogP contribution in [-0.4, -0.2) is 41.5 Å². The molecule has 2 unspecified atom stereocenters. The molecule has 5 rings (SSSR count). The van der Waals surface area contributed by atoms with Crippen molar-refractivity contribution >= 4 is 5.82 Å². The summed E-state index contributed by atoms with van der Waals surface area (Å²) in [5.74, 6) is 0.870. The van der Waals surface area contributed by atoms with Crippen molar-refractivity contribution in [2.24, 2.45) is 5.73 Å². The van der Waals surface area contributed by atoms with E-state index < -0.39 is 23.6 Å². The third kappa shape index (κ3) is 6.35. The molecule has 1 aliphatic carbocycles. The first-order valence-electron chi connectivity index (χ1n) is 13.1. The SMILES string of the molecule is NC1(c2ncc(-c3ccc(OC(F)(F)F)cc3)o2)CCCCC1N[C@H]1CCCN(c2ccc(C(F)(F)F)cn2)C1. The average Bonchev–Trinajstić information content (AvgIpc) is 3.41. The standard InChI is InChI=1S/C27H29F6N5O2/c28-26(29,30)18-8-11-23(35-14-18)38-13-3-4-19(16-38)37-22-5-1-2-12-25(22,34)24-36-15-21(39-24)17-6-9-20(10-7-17)40-27(31,32)33/h6-11,14-15,19,22,37H,1-5,12-13,16,34H2/t19-,22?,25?/m0/s1. The van der Waals surface area contributed by atoms with Gasteiger partial charge in [0.25, 0.3) is 0 Å². The van der Waals surface area contributed by atoms with Crippen LogP contribution in [0.15, 0.2) is 53.2 Å². The molecule has 3 N–H and O–H groups in total. The van der Waals surface area contributed by atoms with Crippen molar-refractivity contribution in [3.8, 4) is 17.1 Å². The second-order valence-corrected chi connectivity index (χ2v) is 10.3. The van der Waals surface area contributed by atoms with Gasteiger partial charge in [-0.25, -0.2) is 9.97 Å². The number of aromatic nitrogens is 2. The molecule has 3 atom stereocenters. The van der Waals surface area contributed by atoms with Gasteiger partial charge in [0, 0.05) is 36.9 Å². The summed E-state index contributed by atoms with van der Waals surface area (Å²) in [6, 6.07) is 7.62. The Hall–Kier alpha value is -3.32. The van der Waals surface area contributed by atoms with E-state index in [1.807, 2.05) is 4.90 Å². The van der Waals surface area contributed by atoms with Gasteiger partial charge in [0.2, 0.25) is 5.89 Å². The van der Waals surface area contributed by atoms with Crippen molar-refractivity contribution < 1.29 is 35.5 Å². The van der Waals surface area contributed by atoms with Crippen LogP contribution in [-0.2, 0) is 11.7 Å². The van der Waals surface area contributed by atoms with Crippen molar-refractivity contribution in [3.05, 3.63) is 60.2 Å². The molecule has 0 radical (unpaired) electrons. The number of hydrogen-bond donors (Lipinski definition) is 2. The topological polar surface area (TPSA) is 89.4 Å². The predicted octanol–water partition coefficient (Wildman–Crippen LogP) is 6.01. The third-order valence-electron chi connectivity index (χ3n) is 7.49. The summed E-state index contributed by atoms with van der Waals surface area (Å²) in [5.41, 5.74) is 5.77. The van der Waals surface area contributed by atoms with E-state index in [0.717, 1.165) is 44.4 Å². The van der Waals surface area contributed by atoms with Gasteiger partial charge in [-0.1, -0.05) is 12.8 Å². The fourth-order valence-electron chi connectivity index (χ4n) is 5.48. The van der Waals surface area contributed by atoms with Crippen LogP contribution < -0.4 is 20.7 Å². The summed E-state index contributed by atoms with van der Waals surface area (Å²) < 4.78 is 86.2. The Kier molecular flexibility index (Phi) is 7.71. The zero-order valence-electron chi connectivity index (χ0n) is 21.4. The predicted molar refractivity (Wildman–Crippen MR) is 134 cm³/mol. The van der Waals surface area contributed by atoms with Crippen molar-refractivity contribution in [2.75, 3.05) is 18.0 Å². The Morgan fingerprint density at radius 1 is 0.950 bits per heavy atom. The van der Waals surface area contributed by atoms with Gasteiger partial charge < -0.3 is 25.1 Å². The zero-order chi connectivity index (χ0) is 28.5. The second kappa shape index (κ2) is 10.9. The first kappa shape index (κ1) is 28.2. The van der Waals surface area contributed by atoms with Gasteiger partial charge in [0.15, 0.2) is 5.76 Å². The maximum Gasteiger partial charge on any atom is 0.573 e. The van der Waals surface area contributed by atoms with Crippen LogP contribution in [0, 0.1) is 0 Å². The lowest BCUT2D eigenvalue weighted by atomic mass is 9.77. The lowest BCUT2D eigenvalue weighted by Crippen LogP contribution is -2.61. The van der Waals surface area contributed by atoms with Gasteiger partial charge in [-0.15, -0.1) is 13.2 Å². The van der Waals surface area contributed by atoms with Crippen molar-refractivity contribution in [3.63, 3.8) is 0 Å². The number of anilines is 1. The molecule has 1 aliphatic heterocycles. The molecular formula is C27H29F6N5O2. The number of halogens is 6. The summed E-state index contributed by atoms with van der Waals surface area (Å²) in [6.45, 7) is 1.25. The molecule has 0 spiro atoms. The second-order valence-electron chi connectivity index (χ2n) is 10.3. The largest absolute Gasteiger partial charge is 0.573 e. The van der Waals surface area contributed by atoms with Gasteiger partial charge in [-0.05, 0) is 62.1 Å². The summed E-state index contributed by atoms with van der Waals surface area (Å²) in [4.78, 5) is 10.5. The molecule has 1 saturated heterocycles. The summed E-state index contributed by atoms with van der Waals surface area (Å²) >= 11 is 0. The summed E-state index contributed by atoms with van der Waals surface area (Å²) in [6.07, 6.45) is -1.90. The van der Waals surface area contributed by atoms with E-state index in [0.29, 0.717) is 42.5 Å². The number of ether oxygens (including phenoxy) is 1. The fraction of sp³-hybridized carbons (Fsp3) is 0.481. The molecule has 1 saturated carbocycles. The summed E-state index contributed by atoms with van der Waals surface area (Å²) in [7, 11) is 0. The third-order valence-corrected chi connectivity index (χ3v) is 7.49. The van der Waals surface area contributed by atoms with E-state index in [2.05, 4.69) is 20.0 Å². The normalized spacial score (nSPS) is 24.2. The Labute approximate surface area is 226 Å². The van der Waals surface area contributed by atoms with Gasteiger partial charge in [0.05, 0.1) is 11.8 Å². The molecule has 2 fully saturated rings. The van der Waals surface area contributed by atoms with E-state index >= 15 is 0 Å². The minimum Gasteiger partial charge on any atom is -0.439 e. The number of rotatable bonds is 6. The molecule has 40 heavy (non-hydrogen) atoms. The Balaban J connectivity index is 1.28. The van der Waals surface area contributed by atoms with Crippen LogP contribution in [0.2, 0.25) is 0 Å². The van der Waals surface area contributed by atoms with Crippen molar-refractivity contribution in [1.29, 1.82) is 0 Å². The highest BCUT2D eigenvalue weighted by Gasteiger charge is 2.44. The molecule has 216 valence electrons. The smallest absolute Gasteiger partial charge is 0.439 e. The first-order valence-corrected chi connectivity index (χ1v) is 13.1. The number of hydrogen-bond acceptors (Lipinski definition) is 7. The van der Waals surface area contributed by atoms with Crippen LogP contribution in [0.5, 0.6) is 5.75 Å². The maximum absolute atomic E-state index is 12.9. The Morgan fingerprint density at radius 3 is 2.40 bits per heavy atom. The van der Waals surface area contributed by atoms with Crippen LogP contribution in [0.4, 0.5) is 32.2 Å². The number of benzene rings is 1. The van der Waals surface area contributed by atoms with E-state index in [1.165, 1.54) is 36.5 Å². The zero-order valence-corrected chi connectivity index (χ0v) is 21.4. The monoisotopic (exact) mass is 569 g/mol. The molecule has 3 heterocycles. The van der Waals surface area contributed by atoms with Gasteiger partial charge >= 0.3 is 12.5 Å². The van der Waals surface area contributed by atoms with E-state index in [4.69, 9.17) is 10.2 Å². The van der Waals surface area contributed by atoms with Crippen LogP contribution >= 0.6 is 0 Å². The molecule has 7 nitrogen and oxygen atoms in total. The molecule has 13 heteroatoms. The molecule has 3 aromatic rings. The highest BCUT2D eigenvalue weighted by molar-refractivity contribution is 5.57. The van der Waals surface area contributed by atoms with Gasteiger partial charge in [-0.2, -0.15) is 13.2 Å². The number of nitrogens with two attached hydrogens (primary N) is 1. The lowest BCUT2D eigenvalue weighted by molar-refractivity contribution is -0.274. The molecule has 0 amide bonds. The highest BCUT2D eigenvalue weighted by Crippen LogP contribution is 2.38. The number of alkyl halides is 6. The van der Waals surface area contributed by atoms with Crippen LogP contribution in [0.1, 0.15) is 50.0 Å². The quantitative estimate of drug-likeness (QED) is 0.352. The van der Waals surface area contributed by atoms with Gasteiger partial charge in [0.1, 0.15) is 17.1 Å². The van der Waals surface area contributed by atoms with E-state index in [9.17, 15) is 26.3 Å². The minimum absolute atomic E-state index is 0.0273. The highest BCUT2D eigenvalue weighted by atomic mass is 19.4. The molecule has 1 aromatic carbocycles. The number of pyridine rings is 1. The molecule has 2 aliphatic rings. The van der Waals surface area contributed by atoms with Crippen LogP contribution in [0.3, 0.4) is 0 Å². The van der Waals surface area contributed by atoms with Gasteiger partial charge in [-0.3, -0.25) is 0 Å². The fourth-order valence-corrected chi connectivity index (χ4v) is 5.48. The number of piperidine rings is 1. The number of nitrogens with one attached hydrogen (secondary N) is 1. The summed E-state index contributed by atoms with van der Waals surface area (Å²) in [5, 5.41) is 3.66.